The van der Waals surface area contributed by atoms with Crippen molar-refractivity contribution in [3.63, 3.8) is 0 Å². The van der Waals surface area contributed by atoms with Crippen LogP contribution in [0, 0.1) is 22.7 Å². The van der Waals surface area contributed by atoms with Crippen LogP contribution >= 0.6 is 0 Å². The standard InChI is InChI=1S/C15H21NO2/c1-10-5-7-14(9-16)12-4-2-3-6-15(12,18)8-11(17)13(10)14/h5,9,12-13,16,18H,2-4,6-8H2,1H3/t12?,13?,14?,15-/m0/s1. The molecule has 3 aliphatic carbocycles. The Kier molecular flexibility index (Phi) is 2.53. The number of carbonyl (C=O) groups is 1. The second-order valence-corrected chi connectivity index (χ2v) is 6.39. The number of hydrogen-bond acceptors (Lipinski definition) is 3. The summed E-state index contributed by atoms with van der Waals surface area (Å²) in [6.45, 7) is 2.00. The Labute approximate surface area is 108 Å². The van der Waals surface area contributed by atoms with Crippen LogP contribution in [-0.2, 0) is 4.79 Å². The normalized spacial score (nSPS) is 47.2. The summed E-state index contributed by atoms with van der Waals surface area (Å²) in [5.41, 5.74) is -0.160. The van der Waals surface area contributed by atoms with Crippen LogP contribution in [-0.4, -0.2) is 22.7 Å². The highest BCUT2D eigenvalue weighted by molar-refractivity contribution is 5.92. The summed E-state index contributed by atoms with van der Waals surface area (Å²) in [4.78, 5) is 12.4. The smallest absolute Gasteiger partial charge is 0.143 e. The average Bonchev–Trinajstić information content (AvgIpc) is 2.67. The van der Waals surface area contributed by atoms with E-state index in [-0.39, 0.29) is 17.6 Å². The Balaban J connectivity index is 2.09. The highest BCUT2D eigenvalue weighted by Gasteiger charge is 2.61. The Morgan fingerprint density at radius 1 is 1.50 bits per heavy atom. The van der Waals surface area contributed by atoms with Gasteiger partial charge in [0.1, 0.15) is 5.78 Å². The monoisotopic (exact) mass is 247 g/mol. The van der Waals surface area contributed by atoms with E-state index in [4.69, 9.17) is 5.41 Å². The molecule has 0 amide bonds. The van der Waals surface area contributed by atoms with Gasteiger partial charge in [-0.15, -0.1) is 0 Å². The maximum absolute atomic E-state index is 12.4. The fourth-order valence-electron chi connectivity index (χ4n) is 4.74. The van der Waals surface area contributed by atoms with E-state index < -0.39 is 11.0 Å². The van der Waals surface area contributed by atoms with Gasteiger partial charge in [-0.2, -0.15) is 0 Å². The van der Waals surface area contributed by atoms with Gasteiger partial charge in [-0.3, -0.25) is 4.79 Å². The molecule has 18 heavy (non-hydrogen) atoms. The number of nitrogens with one attached hydrogen (secondary N) is 1. The van der Waals surface area contributed by atoms with Crippen molar-refractivity contribution < 1.29 is 9.90 Å². The van der Waals surface area contributed by atoms with Gasteiger partial charge in [0.15, 0.2) is 0 Å². The Morgan fingerprint density at radius 3 is 3.00 bits per heavy atom. The molecule has 4 atom stereocenters. The molecule has 3 aliphatic rings. The van der Waals surface area contributed by atoms with Crippen molar-refractivity contribution in [2.75, 3.05) is 0 Å². The number of carbonyl (C=O) groups excluding carboxylic acids is 1. The highest BCUT2D eigenvalue weighted by atomic mass is 16.3. The van der Waals surface area contributed by atoms with Gasteiger partial charge in [0.2, 0.25) is 0 Å². The fraction of sp³-hybridized carbons (Fsp3) is 0.733. The predicted molar refractivity (Wildman–Crippen MR) is 69.6 cm³/mol. The first-order valence-electron chi connectivity index (χ1n) is 6.97. The van der Waals surface area contributed by atoms with Crippen molar-refractivity contribution in [2.45, 2.75) is 51.0 Å². The first kappa shape index (κ1) is 12.1. The van der Waals surface area contributed by atoms with Crippen LogP contribution < -0.4 is 0 Å². The summed E-state index contributed by atoms with van der Waals surface area (Å²) in [5, 5.41) is 18.7. The lowest BCUT2D eigenvalue weighted by molar-refractivity contribution is -0.156. The number of rotatable bonds is 1. The molecule has 0 radical (unpaired) electrons. The molecule has 3 heteroatoms. The number of hydrogen-bond donors (Lipinski definition) is 2. The van der Waals surface area contributed by atoms with Crippen molar-refractivity contribution in [1.29, 1.82) is 5.41 Å². The Bertz CT molecular complexity index is 442. The third kappa shape index (κ3) is 1.34. The van der Waals surface area contributed by atoms with Gasteiger partial charge in [-0.05, 0) is 32.1 Å². The summed E-state index contributed by atoms with van der Waals surface area (Å²) in [6.07, 6.45) is 8.43. The molecule has 0 aliphatic heterocycles. The van der Waals surface area contributed by atoms with Gasteiger partial charge >= 0.3 is 0 Å². The predicted octanol–water partition coefficient (Wildman–Crippen LogP) is 2.48. The number of allylic oxidation sites excluding steroid dienone is 2. The van der Waals surface area contributed by atoms with Crippen molar-refractivity contribution in [3.05, 3.63) is 11.6 Å². The van der Waals surface area contributed by atoms with Crippen LogP contribution in [0.2, 0.25) is 0 Å². The molecule has 2 saturated carbocycles. The lowest BCUT2D eigenvalue weighted by Crippen LogP contribution is -2.59. The van der Waals surface area contributed by atoms with Crippen molar-refractivity contribution in [1.82, 2.24) is 0 Å². The van der Waals surface area contributed by atoms with Crippen LogP contribution in [0.15, 0.2) is 11.6 Å². The lowest BCUT2D eigenvalue weighted by atomic mass is 9.51. The summed E-state index contributed by atoms with van der Waals surface area (Å²) < 4.78 is 0. The summed E-state index contributed by atoms with van der Waals surface area (Å²) >= 11 is 0. The first-order chi connectivity index (χ1) is 8.53. The van der Waals surface area contributed by atoms with E-state index >= 15 is 0 Å². The van der Waals surface area contributed by atoms with Crippen LogP contribution in [0.25, 0.3) is 0 Å². The molecule has 2 fully saturated rings. The quantitative estimate of drug-likeness (QED) is 0.552. The molecule has 2 N–H and O–H groups in total. The van der Waals surface area contributed by atoms with Crippen LogP contribution in [0.5, 0.6) is 0 Å². The zero-order valence-corrected chi connectivity index (χ0v) is 10.9. The Morgan fingerprint density at radius 2 is 2.28 bits per heavy atom. The van der Waals surface area contributed by atoms with Gasteiger partial charge in [0.05, 0.1) is 5.60 Å². The second-order valence-electron chi connectivity index (χ2n) is 6.39. The molecule has 0 spiro atoms. The number of Topliss-reactive ketones (excluding diaryl/α,β-unsaturated/α-hetero) is 1. The highest BCUT2D eigenvalue weighted by Crippen LogP contribution is 2.59. The molecule has 0 aromatic carbocycles. The summed E-state index contributed by atoms with van der Waals surface area (Å²) in [7, 11) is 0. The van der Waals surface area contributed by atoms with Gasteiger partial charge in [0, 0.05) is 24.0 Å². The summed E-state index contributed by atoms with van der Waals surface area (Å²) in [5.74, 6) is 0.0939. The van der Waals surface area contributed by atoms with E-state index in [0.29, 0.717) is 6.42 Å². The van der Waals surface area contributed by atoms with Crippen molar-refractivity contribution in [3.8, 4) is 0 Å². The molecular formula is C15H21NO2. The van der Waals surface area contributed by atoms with Crippen LogP contribution in [0.4, 0.5) is 0 Å². The van der Waals surface area contributed by atoms with E-state index in [2.05, 4.69) is 6.08 Å². The van der Waals surface area contributed by atoms with Gasteiger partial charge in [-0.25, -0.2) is 0 Å². The number of fused-ring (bicyclic) bond motifs is 3. The van der Waals surface area contributed by atoms with E-state index in [0.717, 1.165) is 37.7 Å². The number of aliphatic hydroxyl groups is 1. The fourth-order valence-corrected chi connectivity index (χ4v) is 4.74. The summed E-state index contributed by atoms with van der Waals surface area (Å²) in [6, 6.07) is 0. The maximum Gasteiger partial charge on any atom is 0.143 e. The van der Waals surface area contributed by atoms with Gasteiger partial charge < -0.3 is 10.5 Å². The zero-order valence-electron chi connectivity index (χ0n) is 10.9. The molecule has 0 aromatic heterocycles. The number of ketones is 1. The minimum atomic E-state index is -0.845. The maximum atomic E-state index is 12.4. The molecule has 0 bridgehead atoms. The third-order valence-corrected chi connectivity index (χ3v) is 5.49. The SMILES string of the molecule is CC1=CCC2(C=N)C1C(=O)C[C@@]1(O)CCCCC21. The zero-order chi connectivity index (χ0) is 13.0. The molecule has 0 heterocycles. The minimum absolute atomic E-state index is 0.0904. The van der Waals surface area contributed by atoms with Crippen LogP contribution in [0.1, 0.15) is 45.4 Å². The van der Waals surface area contributed by atoms with Crippen LogP contribution in [0.3, 0.4) is 0 Å². The molecule has 0 aromatic rings. The lowest BCUT2D eigenvalue weighted by Gasteiger charge is -2.54. The van der Waals surface area contributed by atoms with Gasteiger partial charge in [-0.1, -0.05) is 24.5 Å². The third-order valence-electron chi connectivity index (χ3n) is 5.49. The Hall–Kier alpha value is -0.960. The molecular weight excluding hydrogens is 226 g/mol. The van der Waals surface area contributed by atoms with Crippen molar-refractivity contribution >= 4 is 12.0 Å². The molecule has 3 nitrogen and oxygen atoms in total. The van der Waals surface area contributed by atoms with Crippen molar-refractivity contribution in [2.24, 2.45) is 17.3 Å². The van der Waals surface area contributed by atoms with E-state index in [1.54, 1.807) is 0 Å². The minimum Gasteiger partial charge on any atom is -0.389 e. The molecule has 3 unspecified atom stereocenters. The van der Waals surface area contributed by atoms with E-state index in [1.807, 2.05) is 6.92 Å². The largest absolute Gasteiger partial charge is 0.389 e. The molecule has 3 rings (SSSR count). The average molecular weight is 247 g/mol. The molecule has 0 saturated heterocycles. The van der Waals surface area contributed by atoms with E-state index in [9.17, 15) is 9.90 Å². The first-order valence-corrected chi connectivity index (χ1v) is 6.97. The topological polar surface area (TPSA) is 61.2 Å². The second kappa shape index (κ2) is 3.77. The van der Waals surface area contributed by atoms with E-state index in [1.165, 1.54) is 6.21 Å². The molecule has 98 valence electrons. The van der Waals surface area contributed by atoms with Gasteiger partial charge in [0.25, 0.3) is 0 Å².